The predicted molar refractivity (Wildman–Crippen MR) is 245 cm³/mol. The molecule has 1 heterocycles. The molecule has 336 valence electrons. The van der Waals surface area contributed by atoms with Gasteiger partial charge in [0.1, 0.15) is 5.75 Å². The highest BCUT2D eigenvalue weighted by molar-refractivity contribution is 7.86. The van der Waals surface area contributed by atoms with Crippen LogP contribution in [0.5, 0.6) is 5.75 Å². The Kier molecular flexibility index (Phi) is 18.3. The number of ether oxygens (including phenoxy) is 4. The fourth-order valence-electron chi connectivity index (χ4n) is 7.25. The standard InChI is InChI=1S/C47H80O9SSi2/c1-32-19-25-41(26-20-32)57(48,49)53-30-37(6)42(55-58(15,16)46(8,9)10)34(3)27-33(2)28-35(4)44(56-59(17,18)47(11,12)13)38(7)43-36(5)29-51-45(54-43)52-31-39-21-23-40(50-14)24-22-39/h19-27,34-38,42-45H,28-31H2,1-18H3/b33-27-/t34-,35-,36-,37-,38+,42+,43-,44+,45+/m0/s1. The van der Waals surface area contributed by atoms with Crippen LogP contribution in [0.25, 0.3) is 0 Å². The van der Waals surface area contributed by atoms with Gasteiger partial charge >= 0.3 is 0 Å². The average Bonchev–Trinajstić information content (AvgIpc) is 3.13. The first-order chi connectivity index (χ1) is 27.1. The van der Waals surface area contributed by atoms with Gasteiger partial charge in [-0.15, -0.1) is 0 Å². The van der Waals surface area contributed by atoms with Crippen molar-refractivity contribution in [2.75, 3.05) is 20.3 Å². The van der Waals surface area contributed by atoms with E-state index in [1.54, 1.807) is 31.4 Å². The molecule has 3 rings (SSSR count). The molecule has 1 aliphatic rings. The maximum Gasteiger partial charge on any atom is 0.296 e. The fourth-order valence-corrected chi connectivity index (χ4v) is 11.2. The first-order valence-corrected chi connectivity index (χ1v) is 28.8. The van der Waals surface area contributed by atoms with E-state index in [0.29, 0.717) is 13.2 Å². The molecule has 9 atom stereocenters. The highest BCUT2D eigenvalue weighted by atomic mass is 32.2. The van der Waals surface area contributed by atoms with Gasteiger partial charge in [-0.05, 0) is 98.2 Å². The number of methoxy groups -OCH3 is 1. The summed E-state index contributed by atoms with van der Waals surface area (Å²) in [5.41, 5.74) is 3.24. The van der Waals surface area contributed by atoms with E-state index < -0.39 is 33.2 Å². The predicted octanol–water partition coefficient (Wildman–Crippen LogP) is 11.9. The molecule has 1 fully saturated rings. The van der Waals surface area contributed by atoms with Crippen molar-refractivity contribution in [3.05, 3.63) is 71.3 Å². The first-order valence-electron chi connectivity index (χ1n) is 21.6. The van der Waals surface area contributed by atoms with Crippen molar-refractivity contribution in [3.8, 4) is 5.75 Å². The van der Waals surface area contributed by atoms with E-state index in [1.807, 2.05) is 38.1 Å². The molecule has 0 unspecified atom stereocenters. The minimum atomic E-state index is -3.92. The second-order valence-electron chi connectivity index (χ2n) is 20.5. The van der Waals surface area contributed by atoms with E-state index in [9.17, 15) is 8.42 Å². The lowest BCUT2D eigenvalue weighted by Crippen LogP contribution is -2.52. The average molecular weight is 877 g/mol. The first kappa shape index (κ1) is 51.5. The van der Waals surface area contributed by atoms with E-state index in [4.69, 9.17) is 32.0 Å². The van der Waals surface area contributed by atoms with Gasteiger partial charge in [0.15, 0.2) is 16.6 Å². The van der Waals surface area contributed by atoms with Crippen LogP contribution in [0.15, 0.2) is 65.1 Å². The molecule has 0 aromatic heterocycles. The summed E-state index contributed by atoms with van der Waals surface area (Å²) in [7, 11) is -6.72. The minimum Gasteiger partial charge on any atom is -0.497 e. The van der Waals surface area contributed by atoms with E-state index in [-0.39, 0.29) is 69.5 Å². The van der Waals surface area contributed by atoms with E-state index in [2.05, 4.69) is 108 Å². The smallest absolute Gasteiger partial charge is 0.296 e. The number of hydrogen-bond donors (Lipinski definition) is 0. The fraction of sp³-hybridized carbons (Fsp3) is 0.702. The van der Waals surface area contributed by atoms with Crippen molar-refractivity contribution in [2.24, 2.45) is 29.6 Å². The molecule has 0 bridgehead atoms. The molecule has 0 saturated carbocycles. The van der Waals surface area contributed by atoms with Gasteiger partial charge < -0.3 is 27.8 Å². The Morgan fingerprint density at radius 3 is 1.92 bits per heavy atom. The zero-order chi connectivity index (χ0) is 44.7. The normalized spacial score (nSPS) is 22.0. The molecule has 2 aromatic rings. The maximum absolute atomic E-state index is 13.2. The van der Waals surface area contributed by atoms with Crippen LogP contribution in [0.4, 0.5) is 0 Å². The van der Waals surface area contributed by atoms with E-state index in [1.165, 1.54) is 5.57 Å². The molecule has 2 aromatic carbocycles. The van der Waals surface area contributed by atoms with Gasteiger partial charge in [0, 0.05) is 17.8 Å². The molecule has 12 heteroatoms. The molecular weight excluding hydrogens is 797 g/mol. The molecule has 0 spiro atoms. The van der Waals surface area contributed by atoms with Gasteiger partial charge in [0.25, 0.3) is 16.6 Å². The number of rotatable bonds is 20. The van der Waals surface area contributed by atoms with Gasteiger partial charge in [-0.2, -0.15) is 8.42 Å². The number of hydrogen-bond acceptors (Lipinski definition) is 9. The van der Waals surface area contributed by atoms with Gasteiger partial charge in [0.2, 0.25) is 0 Å². The van der Waals surface area contributed by atoms with Gasteiger partial charge in [-0.3, -0.25) is 4.18 Å². The van der Waals surface area contributed by atoms with Crippen LogP contribution >= 0.6 is 0 Å². The third-order valence-corrected chi connectivity index (χ3v) is 23.3. The lowest BCUT2D eigenvalue weighted by atomic mass is 9.81. The van der Waals surface area contributed by atoms with Crippen LogP contribution in [0.3, 0.4) is 0 Å². The van der Waals surface area contributed by atoms with Gasteiger partial charge in [-0.1, -0.05) is 118 Å². The number of benzene rings is 2. The topological polar surface area (TPSA) is 98.8 Å². The highest BCUT2D eigenvalue weighted by Gasteiger charge is 2.46. The Morgan fingerprint density at radius 1 is 0.847 bits per heavy atom. The summed E-state index contributed by atoms with van der Waals surface area (Å²) in [5, 5.41) is -0.00393. The molecule has 0 aliphatic carbocycles. The monoisotopic (exact) mass is 877 g/mol. The molecule has 0 amide bonds. The SMILES string of the molecule is COc1ccc(CO[C@H]2OC[C@H](C)[C@@H]([C@@H](C)[C@H](O[Si](C)(C)C(C)(C)C)[C@@H](C)C/C(C)=C\[C@H](C)[C@@H](O[Si](C)(C)C(C)(C)C)[C@@H](C)COS(=O)(=O)c3ccc(C)cc3)O2)cc1. The highest BCUT2D eigenvalue weighted by Crippen LogP contribution is 2.43. The Morgan fingerprint density at radius 2 is 1.39 bits per heavy atom. The molecule has 0 N–H and O–H groups in total. The van der Waals surface area contributed by atoms with Crippen molar-refractivity contribution in [1.82, 2.24) is 0 Å². The molecule has 0 radical (unpaired) electrons. The van der Waals surface area contributed by atoms with Crippen molar-refractivity contribution in [3.63, 3.8) is 0 Å². The van der Waals surface area contributed by atoms with Crippen molar-refractivity contribution < 1.29 is 40.4 Å². The lowest BCUT2D eigenvalue weighted by molar-refractivity contribution is -0.355. The molecule has 1 saturated heterocycles. The summed E-state index contributed by atoms with van der Waals surface area (Å²) in [6.45, 7) is 37.9. The summed E-state index contributed by atoms with van der Waals surface area (Å²) in [4.78, 5) is 0.163. The van der Waals surface area contributed by atoms with Crippen LogP contribution < -0.4 is 4.74 Å². The van der Waals surface area contributed by atoms with Gasteiger partial charge in [-0.25, -0.2) is 0 Å². The van der Waals surface area contributed by atoms with Crippen LogP contribution in [-0.2, 0) is 44.0 Å². The Hall–Kier alpha value is -1.88. The molecule has 1 aliphatic heterocycles. The second-order valence-corrected chi connectivity index (χ2v) is 31.6. The zero-order valence-electron chi connectivity index (χ0n) is 39.8. The minimum absolute atomic E-state index is 0.00311. The van der Waals surface area contributed by atoms with Crippen LogP contribution in [0.2, 0.25) is 36.3 Å². The summed E-state index contributed by atoms with van der Waals surface area (Å²) in [6.07, 6.45) is 2.68. The van der Waals surface area contributed by atoms with Crippen LogP contribution in [0.1, 0.15) is 101 Å². The van der Waals surface area contributed by atoms with Crippen molar-refractivity contribution in [1.29, 1.82) is 0 Å². The van der Waals surface area contributed by atoms with Gasteiger partial charge in [0.05, 0.1) is 50.1 Å². The summed E-state index contributed by atoms with van der Waals surface area (Å²) in [5.74, 6) is 0.970. The number of aryl methyl sites for hydroxylation is 1. The van der Waals surface area contributed by atoms with Crippen molar-refractivity contribution >= 4 is 26.8 Å². The van der Waals surface area contributed by atoms with Crippen LogP contribution in [0, 0.1) is 36.5 Å². The maximum atomic E-state index is 13.2. The van der Waals surface area contributed by atoms with Crippen LogP contribution in [-0.4, -0.2) is 70.2 Å². The third kappa shape index (κ3) is 14.6. The quantitative estimate of drug-likeness (QED) is 0.0731. The molecular formula is C47H80O9SSi2. The van der Waals surface area contributed by atoms with E-state index >= 15 is 0 Å². The van der Waals surface area contributed by atoms with Crippen molar-refractivity contribution in [2.45, 2.75) is 169 Å². The lowest BCUT2D eigenvalue weighted by Gasteiger charge is -2.46. The van der Waals surface area contributed by atoms with E-state index in [0.717, 1.165) is 23.3 Å². The molecule has 9 nitrogen and oxygen atoms in total. The second kappa shape index (κ2) is 21.0. The summed E-state index contributed by atoms with van der Waals surface area (Å²) in [6, 6.07) is 14.6. The molecule has 59 heavy (non-hydrogen) atoms. The largest absolute Gasteiger partial charge is 0.497 e. The summed E-state index contributed by atoms with van der Waals surface area (Å²) < 4.78 is 70.8. The Labute approximate surface area is 361 Å². The Balaban J connectivity index is 1.86. The third-order valence-electron chi connectivity index (χ3n) is 13.0. The zero-order valence-corrected chi connectivity index (χ0v) is 42.6. The Bertz CT molecular complexity index is 1730. The summed E-state index contributed by atoms with van der Waals surface area (Å²) >= 11 is 0. The number of allylic oxidation sites excluding steroid dienone is 1.